The Morgan fingerprint density at radius 2 is 2.15 bits per heavy atom. The van der Waals surface area contributed by atoms with Crippen molar-refractivity contribution < 1.29 is 4.79 Å². The minimum absolute atomic E-state index is 0.130. The molecule has 1 amide bonds. The molecule has 2 aliphatic rings. The molecule has 0 spiro atoms. The molecule has 3 rings (SSSR count). The fourth-order valence-corrected chi connectivity index (χ4v) is 3.25. The Kier molecular flexibility index (Phi) is 4.21. The second-order valence-electron chi connectivity index (χ2n) is 5.82. The fraction of sp³-hybridized carbons (Fsp3) is 0.562. The Morgan fingerprint density at radius 3 is 2.95 bits per heavy atom. The Bertz CT molecular complexity index is 469. The summed E-state index contributed by atoms with van der Waals surface area (Å²) >= 11 is 0. The standard InChI is InChI=1S/C16H23N3O/c20-16-12-19(9-8-18-16)15-6-2-1-5-14(15)10-13-4-3-7-17-11-13/h1-2,5-6,13,17H,3-4,7-12H2,(H,18,20). The first-order chi connectivity index (χ1) is 9.83. The zero-order valence-electron chi connectivity index (χ0n) is 11.9. The molecule has 2 N–H and O–H groups in total. The second-order valence-corrected chi connectivity index (χ2v) is 5.82. The molecule has 0 saturated carbocycles. The van der Waals surface area contributed by atoms with Gasteiger partial charge in [0.2, 0.25) is 5.91 Å². The summed E-state index contributed by atoms with van der Waals surface area (Å²) in [5, 5.41) is 6.38. The number of piperazine rings is 1. The van der Waals surface area contributed by atoms with Crippen molar-refractivity contribution >= 4 is 11.6 Å². The molecule has 0 aliphatic carbocycles. The first-order valence-electron chi connectivity index (χ1n) is 7.63. The highest BCUT2D eigenvalue weighted by Gasteiger charge is 2.20. The van der Waals surface area contributed by atoms with Crippen molar-refractivity contribution in [1.82, 2.24) is 10.6 Å². The van der Waals surface area contributed by atoms with Crippen LogP contribution in [0.1, 0.15) is 18.4 Å². The van der Waals surface area contributed by atoms with Gasteiger partial charge in [-0.05, 0) is 49.9 Å². The summed E-state index contributed by atoms with van der Waals surface area (Å²) in [7, 11) is 0. The van der Waals surface area contributed by atoms with Gasteiger partial charge < -0.3 is 15.5 Å². The van der Waals surface area contributed by atoms with E-state index in [1.54, 1.807) is 0 Å². The van der Waals surface area contributed by atoms with Crippen molar-refractivity contribution in [2.75, 3.05) is 37.6 Å². The molecule has 1 atom stereocenters. The van der Waals surface area contributed by atoms with Gasteiger partial charge in [-0.1, -0.05) is 18.2 Å². The summed E-state index contributed by atoms with van der Waals surface area (Å²) in [6.07, 6.45) is 3.70. The van der Waals surface area contributed by atoms with Crippen molar-refractivity contribution in [2.24, 2.45) is 5.92 Å². The van der Waals surface area contributed by atoms with Crippen LogP contribution in [-0.4, -0.2) is 38.6 Å². The van der Waals surface area contributed by atoms with Crippen LogP contribution in [0.25, 0.3) is 0 Å². The maximum atomic E-state index is 11.6. The highest BCUT2D eigenvalue weighted by atomic mass is 16.2. The van der Waals surface area contributed by atoms with Gasteiger partial charge in [0.25, 0.3) is 0 Å². The summed E-state index contributed by atoms with van der Waals surface area (Å²) < 4.78 is 0. The minimum Gasteiger partial charge on any atom is -0.360 e. The molecule has 4 nitrogen and oxygen atoms in total. The second kappa shape index (κ2) is 6.27. The summed E-state index contributed by atoms with van der Waals surface area (Å²) in [5.41, 5.74) is 2.63. The third-order valence-corrected chi connectivity index (χ3v) is 4.28. The van der Waals surface area contributed by atoms with Crippen molar-refractivity contribution in [2.45, 2.75) is 19.3 Å². The Hall–Kier alpha value is -1.55. The number of carbonyl (C=O) groups is 1. The normalized spacial score (nSPS) is 23.5. The third-order valence-electron chi connectivity index (χ3n) is 4.28. The van der Waals surface area contributed by atoms with Crippen LogP contribution in [0.15, 0.2) is 24.3 Å². The highest BCUT2D eigenvalue weighted by Crippen LogP contribution is 2.25. The van der Waals surface area contributed by atoms with E-state index in [4.69, 9.17) is 0 Å². The minimum atomic E-state index is 0.130. The molecule has 1 aromatic rings. The lowest BCUT2D eigenvalue weighted by molar-refractivity contribution is -0.120. The first kappa shape index (κ1) is 13.4. The van der Waals surface area contributed by atoms with Gasteiger partial charge in [0.15, 0.2) is 0 Å². The van der Waals surface area contributed by atoms with Crippen LogP contribution in [0.4, 0.5) is 5.69 Å². The van der Waals surface area contributed by atoms with Gasteiger partial charge in [-0.15, -0.1) is 0 Å². The maximum absolute atomic E-state index is 11.6. The number of amides is 1. The third kappa shape index (κ3) is 3.12. The van der Waals surface area contributed by atoms with Crippen LogP contribution in [0.5, 0.6) is 0 Å². The van der Waals surface area contributed by atoms with E-state index in [1.165, 1.54) is 24.1 Å². The number of carbonyl (C=O) groups excluding carboxylic acids is 1. The van der Waals surface area contributed by atoms with Crippen LogP contribution >= 0.6 is 0 Å². The molecular formula is C16H23N3O. The number of hydrogen-bond donors (Lipinski definition) is 2. The van der Waals surface area contributed by atoms with E-state index in [1.807, 2.05) is 0 Å². The topological polar surface area (TPSA) is 44.4 Å². The number of nitrogens with zero attached hydrogens (tertiary/aromatic N) is 1. The average Bonchev–Trinajstić information content (AvgIpc) is 2.49. The number of piperidine rings is 1. The number of anilines is 1. The van der Waals surface area contributed by atoms with E-state index in [0.717, 1.165) is 38.5 Å². The van der Waals surface area contributed by atoms with Crippen molar-refractivity contribution in [3.63, 3.8) is 0 Å². The average molecular weight is 273 g/mol. The number of nitrogens with one attached hydrogen (secondary N) is 2. The molecule has 4 heteroatoms. The molecule has 0 radical (unpaired) electrons. The first-order valence-corrected chi connectivity index (χ1v) is 7.63. The van der Waals surface area contributed by atoms with Crippen LogP contribution in [0.3, 0.4) is 0 Å². The van der Waals surface area contributed by atoms with E-state index in [-0.39, 0.29) is 5.91 Å². The zero-order chi connectivity index (χ0) is 13.8. The van der Waals surface area contributed by atoms with Crippen molar-refractivity contribution in [1.29, 1.82) is 0 Å². The van der Waals surface area contributed by atoms with E-state index in [9.17, 15) is 4.79 Å². The predicted octanol–water partition coefficient (Wildman–Crippen LogP) is 1.16. The molecule has 2 saturated heterocycles. The molecule has 2 aliphatic heterocycles. The number of hydrogen-bond acceptors (Lipinski definition) is 3. The quantitative estimate of drug-likeness (QED) is 0.869. The van der Waals surface area contributed by atoms with Gasteiger partial charge in [0.1, 0.15) is 0 Å². The molecule has 1 unspecified atom stereocenters. The van der Waals surface area contributed by atoms with E-state index < -0.39 is 0 Å². The lowest BCUT2D eigenvalue weighted by Crippen LogP contribution is -2.48. The van der Waals surface area contributed by atoms with Crippen molar-refractivity contribution in [3.8, 4) is 0 Å². The molecule has 108 valence electrons. The molecule has 2 fully saturated rings. The summed E-state index contributed by atoms with van der Waals surface area (Å²) in [5.74, 6) is 0.855. The number of para-hydroxylation sites is 1. The van der Waals surface area contributed by atoms with E-state index in [2.05, 4.69) is 39.8 Å². The Labute approximate surface area is 120 Å². The lowest BCUT2D eigenvalue weighted by Gasteiger charge is -2.31. The molecule has 0 bridgehead atoms. The van der Waals surface area contributed by atoms with Crippen LogP contribution in [0, 0.1) is 5.92 Å². The molecule has 2 heterocycles. The molecule has 20 heavy (non-hydrogen) atoms. The van der Waals surface area contributed by atoms with Crippen LogP contribution < -0.4 is 15.5 Å². The molecular weight excluding hydrogens is 250 g/mol. The number of rotatable bonds is 3. The van der Waals surface area contributed by atoms with Crippen molar-refractivity contribution in [3.05, 3.63) is 29.8 Å². The smallest absolute Gasteiger partial charge is 0.239 e. The summed E-state index contributed by atoms with van der Waals surface area (Å²) in [4.78, 5) is 13.8. The van der Waals surface area contributed by atoms with E-state index in [0.29, 0.717) is 6.54 Å². The maximum Gasteiger partial charge on any atom is 0.239 e. The van der Waals surface area contributed by atoms with Gasteiger partial charge >= 0.3 is 0 Å². The monoisotopic (exact) mass is 273 g/mol. The van der Waals surface area contributed by atoms with Crippen LogP contribution in [0.2, 0.25) is 0 Å². The zero-order valence-corrected chi connectivity index (χ0v) is 11.9. The SMILES string of the molecule is O=C1CN(c2ccccc2CC2CCCNC2)CCN1. The molecule has 1 aromatic carbocycles. The summed E-state index contributed by atoms with van der Waals surface area (Å²) in [6, 6.07) is 8.56. The van der Waals surface area contributed by atoms with Crippen LogP contribution in [-0.2, 0) is 11.2 Å². The van der Waals surface area contributed by atoms with Gasteiger partial charge in [-0.25, -0.2) is 0 Å². The Morgan fingerprint density at radius 1 is 1.25 bits per heavy atom. The predicted molar refractivity (Wildman–Crippen MR) is 81.0 cm³/mol. The van der Waals surface area contributed by atoms with Gasteiger partial charge in [0, 0.05) is 18.8 Å². The van der Waals surface area contributed by atoms with Gasteiger partial charge in [0.05, 0.1) is 6.54 Å². The van der Waals surface area contributed by atoms with E-state index >= 15 is 0 Å². The highest BCUT2D eigenvalue weighted by molar-refractivity contribution is 5.83. The lowest BCUT2D eigenvalue weighted by atomic mass is 9.91. The Balaban J connectivity index is 1.75. The fourth-order valence-electron chi connectivity index (χ4n) is 3.25. The largest absolute Gasteiger partial charge is 0.360 e. The molecule has 0 aromatic heterocycles. The summed E-state index contributed by atoms with van der Waals surface area (Å²) in [6.45, 7) is 4.42. The van der Waals surface area contributed by atoms with Gasteiger partial charge in [-0.3, -0.25) is 4.79 Å². The van der Waals surface area contributed by atoms with Gasteiger partial charge in [-0.2, -0.15) is 0 Å². The number of benzene rings is 1.